The minimum Gasteiger partial charge on any atom is -0.308 e. The molecule has 2 aromatic carbocycles. The molecule has 1 aliphatic carbocycles. The van der Waals surface area contributed by atoms with E-state index in [-0.39, 0.29) is 0 Å². The molecule has 1 N–H and O–H groups in total. The molecule has 0 radical (unpaired) electrons. The molecule has 3 aromatic rings. The van der Waals surface area contributed by atoms with Gasteiger partial charge >= 0.3 is 0 Å². The van der Waals surface area contributed by atoms with E-state index < -0.39 is 0 Å². The minimum absolute atomic E-state index is 0.588. The average molecular weight is 421 g/mol. The second kappa shape index (κ2) is 8.24. The van der Waals surface area contributed by atoms with Crippen LogP contribution in [0.1, 0.15) is 31.4 Å². The lowest BCUT2D eigenvalue weighted by Crippen LogP contribution is -2.25. The van der Waals surface area contributed by atoms with Crippen molar-refractivity contribution < 1.29 is 0 Å². The molecular formula is C21H20Cl3N3. The fraction of sp³-hybridized carbons (Fsp3) is 0.286. The monoisotopic (exact) mass is 419 g/mol. The first-order chi connectivity index (χ1) is 13.1. The third-order valence-corrected chi connectivity index (χ3v) is 5.74. The first-order valence-corrected chi connectivity index (χ1v) is 10.3. The molecule has 27 heavy (non-hydrogen) atoms. The summed E-state index contributed by atoms with van der Waals surface area (Å²) in [5.41, 5.74) is 2.82. The van der Waals surface area contributed by atoms with E-state index in [1.807, 2.05) is 47.2 Å². The van der Waals surface area contributed by atoms with E-state index in [0.29, 0.717) is 21.1 Å². The van der Waals surface area contributed by atoms with Crippen molar-refractivity contribution in [3.8, 4) is 17.1 Å². The van der Waals surface area contributed by atoms with Crippen LogP contribution in [0, 0.1) is 0 Å². The van der Waals surface area contributed by atoms with Crippen LogP contribution >= 0.6 is 34.8 Å². The average Bonchev–Trinajstić information content (AvgIpc) is 3.30. The molecule has 1 saturated carbocycles. The molecule has 1 aliphatic rings. The molecule has 1 heterocycles. The maximum atomic E-state index is 6.47. The van der Waals surface area contributed by atoms with Crippen LogP contribution in [0.4, 0.5) is 0 Å². The highest BCUT2D eigenvalue weighted by Crippen LogP contribution is 2.30. The number of benzene rings is 2. The smallest absolute Gasteiger partial charge is 0.144 e. The van der Waals surface area contributed by atoms with E-state index in [4.69, 9.17) is 39.8 Å². The highest BCUT2D eigenvalue weighted by molar-refractivity contribution is 6.35. The molecule has 1 aromatic heterocycles. The summed E-state index contributed by atoms with van der Waals surface area (Å²) in [4.78, 5) is 4.88. The van der Waals surface area contributed by atoms with Crippen molar-refractivity contribution in [3.63, 3.8) is 0 Å². The molecule has 0 spiro atoms. The third kappa shape index (κ3) is 4.33. The highest BCUT2D eigenvalue weighted by atomic mass is 35.5. The molecule has 0 unspecified atom stereocenters. The molecule has 0 atom stereocenters. The number of hydrogen-bond donors (Lipinski definition) is 1. The Morgan fingerprint density at radius 2 is 1.67 bits per heavy atom. The Labute approximate surface area is 174 Å². The van der Waals surface area contributed by atoms with Crippen LogP contribution < -0.4 is 5.32 Å². The lowest BCUT2D eigenvalue weighted by atomic mass is 10.2. The van der Waals surface area contributed by atoms with Crippen LogP contribution in [0.5, 0.6) is 0 Å². The van der Waals surface area contributed by atoms with Gasteiger partial charge in [-0.2, -0.15) is 0 Å². The summed E-state index contributed by atoms with van der Waals surface area (Å²) in [6, 6.07) is 13.8. The topological polar surface area (TPSA) is 29.9 Å². The number of nitrogens with zero attached hydrogens (tertiary/aromatic N) is 2. The van der Waals surface area contributed by atoms with Gasteiger partial charge in [0.1, 0.15) is 5.82 Å². The van der Waals surface area contributed by atoms with Gasteiger partial charge in [0.15, 0.2) is 0 Å². The predicted octanol–water partition coefficient (Wildman–Crippen LogP) is 6.53. The van der Waals surface area contributed by atoms with Crippen molar-refractivity contribution in [3.05, 3.63) is 69.4 Å². The van der Waals surface area contributed by atoms with Gasteiger partial charge in [-0.3, -0.25) is 4.57 Å². The molecule has 0 amide bonds. The fourth-order valence-electron chi connectivity index (χ4n) is 3.56. The largest absolute Gasteiger partial charge is 0.308 e. The van der Waals surface area contributed by atoms with Gasteiger partial charge in [-0.1, -0.05) is 47.6 Å². The zero-order valence-corrected chi connectivity index (χ0v) is 17.0. The Balaban J connectivity index is 1.71. The second-order valence-electron chi connectivity index (χ2n) is 6.89. The van der Waals surface area contributed by atoms with Gasteiger partial charge in [-0.05, 0) is 55.3 Å². The first kappa shape index (κ1) is 18.8. The number of aromatic nitrogens is 2. The van der Waals surface area contributed by atoms with E-state index in [9.17, 15) is 0 Å². The number of halogens is 3. The SMILES string of the molecule is Clc1ccc(-c2nc(CNC3CCCC3)cn2-c2ccc(Cl)cc2Cl)cc1. The number of rotatable bonds is 5. The van der Waals surface area contributed by atoms with Crippen LogP contribution in [0.15, 0.2) is 48.7 Å². The van der Waals surface area contributed by atoms with Gasteiger partial charge in [-0.15, -0.1) is 0 Å². The summed E-state index contributed by atoms with van der Waals surface area (Å²) in [5, 5.41) is 5.52. The quantitative estimate of drug-likeness (QED) is 0.508. The second-order valence-corrected chi connectivity index (χ2v) is 8.17. The van der Waals surface area contributed by atoms with Crippen molar-refractivity contribution in [1.29, 1.82) is 0 Å². The van der Waals surface area contributed by atoms with Gasteiger partial charge in [0, 0.05) is 34.4 Å². The summed E-state index contributed by atoms with van der Waals surface area (Å²) in [5.74, 6) is 0.833. The molecule has 0 aliphatic heterocycles. The van der Waals surface area contributed by atoms with E-state index in [2.05, 4.69) is 5.32 Å². The van der Waals surface area contributed by atoms with Crippen molar-refractivity contribution in [2.45, 2.75) is 38.3 Å². The summed E-state index contributed by atoms with van der Waals surface area (Å²) in [7, 11) is 0. The summed E-state index contributed by atoms with van der Waals surface area (Å²) < 4.78 is 2.02. The summed E-state index contributed by atoms with van der Waals surface area (Å²) in [6.45, 7) is 0.740. The van der Waals surface area contributed by atoms with Gasteiger partial charge in [-0.25, -0.2) is 4.98 Å². The Morgan fingerprint density at radius 3 is 2.37 bits per heavy atom. The normalized spacial score (nSPS) is 14.8. The Kier molecular flexibility index (Phi) is 5.74. The Morgan fingerprint density at radius 1 is 0.963 bits per heavy atom. The van der Waals surface area contributed by atoms with Gasteiger partial charge in [0.2, 0.25) is 0 Å². The molecule has 0 bridgehead atoms. The van der Waals surface area contributed by atoms with Crippen molar-refractivity contribution in [2.24, 2.45) is 0 Å². The van der Waals surface area contributed by atoms with Crippen LogP contribution in [0.3, 0.4) is 0 Å². The molecule has 0 saturated heterocycles. The summed E-state index contributed by atoms with van der Waals surface area (Å²) >= 11 is 18.6. The van der Waals surface area contributed by atoms with Gasteiger partial charge in [0.05, 0.1) is 16.4 Å². The van der Waals surface area contributed by atoms with Crippen LogP contribution in [0.25, 0.3) is 17.1 Å². The maximum absolute atomic E-state index is 6.47. The van der Waals surface area contributed by atoms with E-state index in [1.165, 1.54) is 25.7 Å². The summed E-state index contributed by atoms with van der Waals surface area (Å²) in [6.07, 6.45) is 7.15. The number of imidazole rings is 1. The molecule has 1 fully saturated rings. The predicted molar refractivity (Wildman–Crippen MR) is 113 cm³/mol. The highest BCUT2D eigenvalue weighted by Gasteiger charge is 2.17. The molecule has 140 valence electrons. The first-order valence-electron chi connectivity index (χ1n) is 9.13. The van der Waals surface area contributed by atoms with E-state index >= 15 is 0 Å². The van der Waals surface area contributed by atoms with Crippen molar-refractivity contribution in [2.75, 3.05) is 0 Å². The minimum atomic E-state index is 0.588. The number of hydrogen-bond acceptors (Lipinski definition) is 2. The number of nitrogens with one attached hydrogen (secondary N) is 1. The van der Waals surface area contributed by atoms with Crippen LogP contribution in [-0.2, 0) is 6.54 Å². The van der Waals surface area contributed by atoms with Crippen molar-refractivity contribution in [1.82, 2.24) is 14.9 Å². The van der Waals surface area contributed by atoms with Crippen LogP contribution in [0.2, 0.25) is 15.1 Å². The van der Waals surface area contributed by atoms with E-state index in [0.717, 1.165) is 29.3 Å². The van der Waals surface area contributed by atoms with Gasteiger partial charge in [0.25, 0.3) is 0 Å². The Bertz CT molecular complexity index is 928. The molecular weight excluding hydrogens is 401 g/mol. The van der Waals surface area contributed by atoms with Crippen LogP contribution in [-0.4, -0.2) is 15.6 Å². The van der Waals surface area contributed by atoms with Gasteiger partial charge < -0.3 is 5.32 Å². The third-order valence-electron chi connectivity index (χ3n) is 4.95. The zero-order valence-electron chi connectivity index (χ0n) is 14.8. The molecule has 3 nitrogen and oxygen atoms in total. The zero-order chi connectivity index (χ0) is 18.8. The fourth-order valence-corrected chi connectivity index (χ4v) is 4.18. The van der Waals surface area contributed by atoms with E-state index in [1.54, 1.807) is 6.07 Å². The maximum Gasteiger partial charge on any atom is 0.144 e. The standard InChI is InChI=1S/C21H20Cl3N3/c22-15-7-5-14(6-8-15)21-26-18(12-25-17-3-1-2-4-17)13-27(21)20-10-9-16(23)11-19(20)24/h5-11,13,17,25H,1-4,12H2. The molecule has 6 heteroatoms. The molecule has 4 rings (SSSR count). The lowest BCUT2D eigenvalue weighted by molar-refractivity contribution is 0.520. The Hall–Kier alpha value is -1.52. The lowest BCUT2D eigenvalue weighted by Gasteiger charge is -2.10. The van der Waals surface area contributed by atoms with Crippen molar-refractivity contribution >= 4 is 34.8 Å².